The maximum absolute atomic E-state index is 13.3. The molecule has 0 bridgehead atoms. The highest BCUT2D eigenvalue weighted by atomic mass is 19.4. The van der Waals surface area contributed by atoms with Gasteiger partial charge in [0.15, 0.2) is 23.3 Å². The van der Waals surface area contributed by atoms with E-state index in [1.165, 1.54) is 45.1 Å². The molecule has 0 spiro atoms. The maximum Gasteiger partial charge on any atom is 0.434 e. The summed E-state index contributed by atoms with van der Waals surface area (Å²) >= 11 is 0. The Morgan fingerprint density at radius 2 is 1.62 bits per heavy atom. The zero-order chi connectivity index (χ0) is 29.0. The van der Waals surface area contributed by atoms with E-state index in [9.17, 15) is 31.4 Å². The number of hydrogen-bond donors (Lipinski definition) is 2. The highest BCUT2D eigenvalue weighted by Crippen LogP contribution is 2.37. The lowest BCUT2D eigenvalue weighted by Gasteiger charge is -2.17. The van der Waals surface area contributed by atoms with Gasteiger partial charge in [0.1, 0.15) is 11.3 Å². The van der Waals surface area contributed by atoms with Crippen molar-refractivity contribution in [1.29, 1.82) is 5.41 Å². The van der Waals surface area contributed by atoms with E-state index in [1.54, 1.807) is 31.3 Å². The lowest BCUT2D eigenvalue weighted by atomic mass is 10.0. The summed E-state index contributed by atoms with van der Waals surface area (Å²) in [6.45, 7) is 0.133. The molecule has 0 unspecified atom stereocenters. The van der Waals surface area contributed by atoms with Crippen molar-refractivity contribution in [3.05, 3.63) is 83.4 Å². The Morgan fingerprint density at radius 3 is 2.25 bits per heavy atom. The van der Waals surface area contributed by atoms with Gasteiger partial charge < -0.3 is 14.2 Å². The van der Waals surface area contributed by atoms with Crippen molar-refractivity contribution in [3.63, 3.8) is 0 Å². The summed E-state index contributed by atoms with van der Waals surface area (Å²) < 4.78 is 83.3. The number of halogens is 6. The number of rotatable bonds is 5. The molecule has 0 fully saturated rings. The Hall–Kier alpha value is -4.46. The summed E-state index contributed by atoms with van der Waals surface area (Å²) in [6, 6.07) is 12.0. The van der Waals surface area contributed by atoms with Crippen LogP contribution in [-0.4, -0.2) is 39.9 Å². The maximum atomic E-state index is 13.3. The van der Waals surface area contributed by atoms with Crippen LogP contribution in [0.1, 0.15) is 22.9 Å². The smallest absolute Gasteiger partial charge is 0.379 e. The predicted molar refractivity (Wildman–Crippen MR) is 132 cm³/mol. The molecule has 1 atom stereocenters. The van der Waals surface area contributed by atoms with Gasteiger partial charge in [-0.1, -0.05) is 48.5 Å². The minimum absolute atomic E-state index is 0.00574. The largest absolute Gasteiger partial charge is 0.434 e. The summed E-state index contributed by atoms with van der Waals surface area (Å²) in [5.41, 5.74) is 0.499. The fourth-order valence-electron chi connectivity index (χ4n) is 4.41. The van der Waals surface area contributed by atoms with E-state index in [0.717, 1.165) is 12.3 Å². The summed E-state index contributed by atoms with van der Waals surface area (Å²) in [5, 5.41) is 18.4. The summed E-state index contributed by atoms with van der Waals surface area (Å²) in [4.78, 5) is 12.4. The zero-order valence-electron chi connectivity index (χ0n) is 21.0. The molecule has 0 saturated carbocycles. The molecule has 0 aliphatic rings. The number of nitrogens with zero attached hydrogens (tertiary/aromatic N) is 6. The third-order valence-electron chi connectivity index (χ3n) is 6.47. The lowest BCUT2D eigenvalue weighted by Crippen LogP contribution is -2.23. The van der Waals surface area contributed by atoms with Crippen LogP contribution in [-0.2, 0) is 26.8 Å². The first kappa shape index (κ1) is 27.1. The first-order chi connectivity index (χ1) is 18.8. The van der Waals surface area contributed by atoms with Crippen molar-refractivity contribution < 1.29 is 31.4 Å². The highest BCUT2D eigenvalue weighted by Gasteiger charge is 2.41. The Labute approximate surface area is 222 Å². The average Bonchev–Trinajstić information content (AvgIpc) is 3.41. The molecule has 0 amide bonds. The molecular formula is C26H21F6N7O. The topological polar surface area (TPSA) is 97.5 Å². The van der Waals surface area contributed by atoms with E-state index in [0.29, 0.717) is 16.6 Å². The third-order valence-corrected chi connectivity index (χ3v) is 6.47. The van der Waals surface area contributed by atoms with Crippen LogP contribution in [0.2, 0.25) is 0 Å². The van der Waals surface area contributed by atoms with Crippen LogP contribution in [0, 0.1) is 5.41 Å². The van der Waals surface area contributed by atoms with Crippen molar-refractivity contribution in [2.24, 2.45) is 14.1 Å². The molecule has 14 heteroatoms. The van der Waals surface area contributed by atoms with Crippen molar-refractivity contribution >= 4 is 11.2 Å². The minimum Gasteiger partial charge on any atom is -0.379 e. The molecule has 5 rings (SSSR count). The number of aryl methyl sites for hydroxylation is 2. The van der Waals surface area contributed by atoms with Gasteiger partial charge in [0, 0.05) is 37.0 Å². The lowest BCUT2D eigenvalue weighted by molar-refractivity contribution is -0.206. The van der Waals surface area contributed by atoms with Gasteiger partial charge in [0.05, 0.1) is 12.7 Å². The molecule has 3 heterocycles. The molecule has 208 valence electrons. The number of aliphatic hydroxyl groups excluding tert-OH is 1. The van der Waals surface area contributed by atoms with E-state index in [4.69, 9.17) is 5.41 Å². The van der Waals surface area contributed by atoms with Crippen molar-refractivity contribution in [3.8, 4) is 22.8 Å². The normalized spacial score (nSPS) is 13.2. The minimum atomic E-state index is -4.89. The Bertz CT molecular complexity index is 1760. The fraction of sp³-hybridized carbons (Fsp3) is 0.231. The molecule has 0 saturated heterocycles. The molecule has 40 heavy (non-hydrogen) atoms. The van der Waals surface area contributed by atoms with Gasteiger partial charge in [0.2, 0.25) is 5.62 Å². The first-order valence-corrected chi connectivity index (χ1v) is 11.8. The molecule has 5 aromatic rings. The molecular weight excluding hydrogens is 540 g/mol. The van der Waals surface area contributed by atoms with Crippen LogP contribution >= 0.6 is 0 Å². The van der Waals surface area contributed by atoms with Crippen LogP contribution in [0.3, 0.4) is 0 Å². The van der Waals surface area contributed by atoms with Gasteiger partial charge in [-0.05, 0) is 5.56 Å². The van der Waals surface area contributed by atoms with Crippen LogP contribution in [0.15, 0.2) is 60.9 Å². The number of imidazole rings is 2. The van der Waals surface area contributed by atoms with Crippen LogP contribution in [0.5, 0.6) is 0 Å². The van der Waals surface area contributed by atoms with E-state index >= 15 is 0 Å². The first-order valence-electron chi connectivity index (χ1n) is 11.8. The van der Waals surface area contributed by atoms with Crippen LogP contribution < -0.4 is 5.62 Å². The Kier molecular flexibility index (Phi) is 6.53. The van der Waals surface area contributed by atoms with E-state index in [2.05, 4.69) is 15.0 Å². The number of aromatic nitrogens is 6. The van der Waals surface area contributed by atoms with E-state index < -0.39 is 29.7 Å². The second-order valence-corrected chi connectivity index (χ2v) is 9.16. The number of nitrogens with one attached hydrogen (secondary N) is 1. The molecule has 0 aliphatic heterocycles. The number of fused-ring (bicyclic) bond motifs is 1. The van der Waals surface area contributed by atoms with Gasteiger partial charge in [0.25, 0.3) is 0 Å². The standard InChI is InChI=1S/C26H21F6N7O/c1-37-13-19(25(27,28)29)35-22(37)15-9-7-14(8-10-15)12-39-23-18(38(2)24(39)33)11-34-21(36-23)17-6-4-3-5-16(17)20(40)26(30,31)32/h3-11,13,20,33,40H,12H2,1-2H3/t20-/m0/s1. The van der Waals surface area contributed by atoms with Gasteiger partial charge in [-0.2, -0.15) is 26.3 Å². The highest BCUT2D eigenvalue weighted by molar-refractivity contribution is 5.74. The van der Waals surface area contributed by atoms with E-state index in [-0.39, 0.29) is 35.0 Å². The zero-order valence-corrected chi connectivity index (χ0v) is 21.0. The fourth-order valence-corrected chi connectivity index (χ4v) is 4.41. The van der Waals surface area contributed by atoms with E-state index in [1.807, 2.05) is 0 Å². The number of hydrogen-bond acceptors (Lipinski definition) is 5. The van der Waals surface area contributed by atoms with Crippen molar-refractivity contribution in [1.82, 2.24) is 28.7 Å². The number of aliphatic hydroxyl groups is 1. The molecule has 3 aromatic heterocycles. The summed E-state index contributed by atoms with van der Waals surface area (Å²) in [6.07, 6.45) is -9.90. The SMILES string of the molecule is Cn1cc(C(F)(F)F)nc1-c1ccc(Cn2c(=N)n(C)c3cnc(-c4ccccc4[C@H](O)C(F)(F)F)nc32)cc1. The summed E-state index contributed by atoms with van der Waals surface area (Å²) in [7, 11) is 3.08. The molecule has 2 N–H and O–H groups in total. The summed E-state index contributed by atoms with van der Waals surface area (Å²) in [5.74, 6) is 0.0753. The van der Waals surface area contributed by atoms with Crippen LogP contribution in [0.4, 0.5) is 26.3 Å². The van der Waals surface area contributed by atoms with Gasteiger partial charge >= 0.3 is 12.4 Å². The second kappa shape index (κ2) is 9.62. The number of alkyl halides is 6. The molecule has 8 nitrogen and oxygen atoms in total. The van der Waals surface area contributed by atoms with Gasteiger partial charge in [-0.25, -0.2) is 15.0 Å². The monoisotopic (exact) mass is 561 g/mol. The molecule has 0 aliphatic carbocycles. The van der Waals surface area contributed by atoms with Crippen molar-refractivity contribution in [2.75, 3.05) is 0 Å². The van der Waals surface area contributed by atoms with Gasteiger partial charge in [-0.3, -0.25) is 9.98 Å². The molecule has 2 aromatic carbocycles. The predicted octanol–water partition coefficient (Wildman–Crippen LogP) is 4.98. The quantitative estimate of drug-likeness (QED) is 0.296. The Morgan fingerprint density at radius 1 is 0.950 bits per heavy atom. The van der Waals surface area contributed by atoms with Crippen LogP contribution in [0.25, 0.3) is 33.9 Å². The second-order valence-electron chi connectivity index (χ2n) is 9.16. The van der Waals surface area contributed by atoms with Crippen molar-refractivity contribution in [2.45, 2.75) is 25.0 Å². The Balaban J connectivity index is 1.52. The number of benzene rings is 2. The third kappa shape index (κ3) is 4.85. The molecule has 0 radical (unpaired) electrons. The van der Waals surface area contributed by atoms with Gasteiger partial charge in [-0.15, -0.1) is 0 Å². The average molecular weight is 561 g/mol.